The summed E-state index contributed by atoms with van der Waals surface area (Å²) in [6.07, 6.45) is 1.34. The Kier molecular flexibility index (Phi) is 4.44. The molecule has 0 fully saturated rings. The molecule has 1 aromatic carbocycles. The Balaban J connectivity index is 2.05. The number of hydrogen-bond donors (Lipinski definition) is 1. The molecular formula is C14H14F2N2OS. The first-order chi connectivity index (χ1) is 9.47. The second-order valence-electron chi connectivity index (χ2n) is 4.65. The average molecular weight is 296 g/mol. The fraction of sp³-hybridized carbons (Fsp3) is 0.286. The van der Waals surface area contributed by atoms with Gasteiger partial charge in [-0.1, -0.05) is 19.9 Å². The van der Waals surface area contributed by atoms with Crippen molar-refractivity contribution in [2.24, 2.45) is 0 Å². The summed E-state index contributed by atoms with van der Waals surface area (Å²) in [4.78, 5) is 16.9. The molecule has 0 aliphatic rings. The van der Waals surface area contributed by atoms with E-state index in [0.717, 1.165) is 17.0 Å². The molecule has 0 aliphatic carbocycles. The lowest BCUT2D eigenvalue weighted by Crippen LogP contribution is -2.16. The molecule has 0 bridgehead atoms. The molecule has 1 aromatic heterocycles. The van der Waals surface area contributed by atoms with E-state index in [9.17, 15) is 13.6 Å². The number of anilines is 1. The third-order valence-corrected chi connectivity index (χ3v) is 3.95. The number of aromatic nitrogens is 1. The summed E-state index contributed by atoms with van der Waals surface area (Å²) >= 11 is 1.36. The van der Waals surface area contributed by atoms with E-state index >= 15 is 0 Å². The lowest BCUT2D eigenvalue weighted by molar-refractivity contribution is -0.115. The van der Waals surface area contributed by atoms with Crippen molar-refractivity contribution in [2.75, 3.05) is 5.32 Å². The second-order valence-corrected chi connectivity index (χ2v) is 5.71. The number of amides is 1. The number of rotatable bonds is 4. The smallest absolute Gasteiger partial charge is 0.230 e. The van der Waals surface area contributed by atoms with Gasteiger partial charge >= 0.3 is 0 Å². The van der Waals surface area contributed by atoms with Crippen LogP contribution in [0.2, 0.25) is 0 Å². The van der Waals surface area contributed by atoms with Crippen LogP contribution < -0.4 is 5.32 Å². The largest absolute Gasteiger partial charge is 0.302 e. The maximum atomic E-state index is 13.4. The minimum absolute atomic E-state index is 0.231. The molecule has 0 saturated heterocycles. The Morgan fingerprint density at radius 1 is 1.35 bits per heavy atom. The van der Waals surface area contributed by atoms with Crippen molar-refractivity contribution in [3.8, 4) is 0 Å². The molecule has 106 valence electrons. The van der Waals surface area contributed by atoms with E-state index in [0.29, 0.717) is 11.0 Å². The number of halogens is 2. The fourth-order valence-corrected chi connectivity index (χ4v) is 2.47. The van der Waals surface area contributed by atoms with Crippen molar-refractivity contribution >= 4 is 22.4 Å². The van der Waals surface area contributed by atoms with Crippen LogP contribution in [0.4, 0.5) is 13.9 Å². The van der Waals surface area contributed by atoms with Gasteiger partial charge in [-0.3, -0.25) is 4.79 Å². The normalized spacial score (nSPS) is 10.8. The van der Waals surface area contributed by atoms with Crippen LogP contribution in [0.25, 0.3) is 0 Å². The van der Waals surface area contributed by atoms with Gasteiger partial charge in [0.15, 0.2) is 5.13 Å². The second kappa shape index (κ2) is 6.09. The van der Waals surface area contributed by atoms with Crippen molar-refractivity contribution in [3.05, 3.63) is 46.5 Å². The van der Waals surface area contributed by atoms with Crippen LogP contribution in [0.5, 0.6) is 0 Å². The van der Waals surface area contributed by atoms with Crippen molar-refractivity contribution in [1.29, 1.82) is 0 Å². The third kappa shape index (κ3) is 3.39. The highest BCUT2D eigenvalue weighted by Gasteiger charge is 2.14. The molecule has 2 aromatic rings. The number of nitrogens with zero attached hydrogens (tertiary/aromatic N) is 1. The highest BCUT2D eigenvalue weighted by molar-refractivity contribution is 7.15. The minimum atomic E-state index is -0.720. The van der Waals surface area contributed by atoms with Crippen LogP contribution in [-0.2, 0) is 11.2 Å². The van der Waals surface area contributed by atoms with Crippen molar-refractivity contribution in [1.82, 2.24) is 4.98 Å². The molecule has 3 nitrogen and oxygen atoms in total. The molecule has 20 heavy (non-hydrogen) atoms. The maximum Gasteiger partial charge on any atom is 0.230 e. The molecular weight excluding hydrogens is 282 g/mol. The molecule has 1 N–H and O–H groups in total. The highest BCUT2D eigenvalue weighted by atomic mass is 32.1. The molecule has 0 unspecified atom stereocenters. The monoisotopic (exact) mass is 296 g/mol. The van der Waals surface area contributed by atoms with E-state index in [1.165, 1.54) is 17.4 Å². The van der Waals surface area contributed by atoms with Crippen molar-refractivity contribution < 1.29 is 13.6 Å². The van der Waals surface area contributed by atoms with E-state index in [1.54, 1.807) is 6.20 Å². The predicted octanol–water partition coefficient (Wildman–Crippen LogP) is 3.73. The van der Waals surface area contributed by atoms with Gasteiger partial charge in [0.2, 0.25) is 5.91 Å². The van der Waals surface area contributed by atoms with E-state index in [2.05, 4.69) is 10.3 Å². The summed E-state index contributed by atoms with van der Waals surface area (Å²) in [5.41, 5.74) is -0.231. The van der Waals surface area contributed by atoms with Gasteiger partial charge in [0, 0.05) is 16.6 Å². The van der Waals surface area contributed by atoms with E-state index in [1.807, 2.05) is 13.8 Å². The number of nitrogens with one attached hydrogen (secondary N) is 1. The van der Waals surface area contributed by atoms with Crippen LogP contribution in [0, 0.1) is 11.6 Å². The van der Waals surface area contributed by atoms with E-state index in [-0.39, 0.29) is 12.0 Å². The predicted molar refractivity (Wildman–Crippen MR) is 74.9 cm³/mol. The summed E-state index contributed by atoms with van der Waals surface area (Å²) < 4.78 is 26.9. The Morgan fingerprint density at radius 2 is 2.00 bits per heavy atom. The zero-order chi connectivity index (χ0) is 14.7. The number of thiazole rings is 1. The van der Waals surface area contributed by atoms with Crippen LogP contribution >= 0.6 is 11.3 Å². The number of carbonyl (C=O) groups excluding carboxylic acids is 1. The molecule has 0 spiro atoms. The molecule has 1 amide bonds. The van der Waals surface area contributed by atoms with Crippen LogP contribution in [-0.4, -0.2) is 10.9 Å². The van der Waals surface area contributed by atoms with Gasteiger partial charge in [0.25, 0.3) is 0 Å². The summed E-state index contributed by atoms with van der Waals surface area (Å²) in [6, 6.07) is 3.53. The molecule has 0 saturated carbocycles. The summed E-state index contributed by atoms with van der Waals surface area (Å²) in [7, 11) is 0. The first-order valence-corrected chi connectivity index (χ1v) is 6.97. The molecule has 1 heterocycles. The summed E-state index contributed by atoms with van der Waals surface area (Å²) in [5.74, 6) is -1.61. The lowest BCUT2D eigenvalue weighted by atomic mass is 10.1. The highest BCUT2D eigenvalue weighted by Crippen LogP contribution is 2.25. The minimum Gasteiger partial charge on any atom is -0.302 e. The topological polar surface area (TPSA) is 42.0 Å². The van der Waals surface area contributed by atoms with Gasteiger partial charge in [-0.2, -0.15) is 0 Å². The molecule has 2 rings (SSSR count). The quantitative estimate of drug-likeness (QED) is 0.934. The van der Waals surface area contributed by atoms with Gasteiger partial charge in [0.05, 0.1) is 6.42 Å². The molecule has 0 radical (unpaired) electrons. The SMILES string of the molecule is CC(C)c1cnc(NC(=O)Cc2c(F)cccc2F)s1. The summed E-state index contributed by atoms with van der Waals surface area (Å²) in [6.45, 7) is 4.04. The van der Waals surface area contributed by atoms with E-state index < -0.39 is 17.5 Å². The zero-order valence-corrected chi connectivity index (χ0v) is 11.9. The fourth-order valence-electron chi connectivity index (χ4n) is 1.64. The summed E-state index contributed by atoms with van der Waals surface area (Å²) in [5, 5.41) is 3.00. The number of benzene rings is 1. The van der Waals surface area contributed by atoms with Gasteiger partial charge in [0.1, 0.15) is 11.6 Å². The van der Waals surface area contributed by atoms with Gasteiger partial charge in [-0.05, 0) is 18.1 Å². The van der Waals surface area contributed by atoms with Crippen molar-refractivity contribution in [3.63, 3.8) is 0 Å². The lowest BCUT2D eigenvalue weighted by Gasteiger charge is -2.04. The number of carbonyl (C=O) groups is 1. The zero-order valence-electron chi connectivity index (χ0n) is 11.1. The van der Waals surface area contributed by atoms with Crippen LogP contribution in [0.15, 0.2) is 24.4 Å². The van der Waals surface area contributed by atoms with E-state index in [4.69, 9.17) is 0 Å². The van der Waals surface area contributed by atoms with Crippen LogP contribution in [0.1, 0.15) is 30.2 Å². The Morgan fingerprint density at radius 3 is 2.55 bits per heavy atom. The van der Waals surface area contributed by atoms with Gasteiger partial charge in [-0.25, -0.2) is 13.8 Å². The van der Waals surface area contributed by atoms with Gasteiger partial charge in [-0.15, -0.1) is 11.3 Å². The molecule has 0 aliphatic heterocycles. The van der Waals surface area contributed by atoms with Crippen LogP contribution in [0.3, 0.4) is 0 Å². The van der Waals surface area contributed by atoms with Gasteiger partial charge < -0.3 is 5.32 Å². The average Bonchev–Trinajstić information content (AvgIpc) is 2.82. The molecule has 6 heteroatoms. The van der Waals surface area contributed by atoms with Crippen molar-refractivity contribution in [2.45, 2.75) is 26.2 Å². The standard InChI is InChI=1S/C14H14F2N2OS/c1-8(2)12-7-17-14(20-12)18-13(19)6-9-10(15)4-3-5-11(9)16/h3-5,7-8H,6H2,1-2H3,(H,17,18,19). The Bertz CT molecular complexity index is 605. The third-order valence-electron chi connectivity index (χ3n) is 2.74. The number of hydrogen-bond acceptors (Lipinski definition) is 3. The maximum absolute atomic E-state index is 13.4. The first-order valence-electron chi connectivity index (χ1n) is 6.16. The first kappa shape index (κ1) is 14.6. The Hall–Kier alpha value is -1.82. The molecule has 0 atom stereocenters. The Labute approximate surface area is 119 Å².